The minimum absolute atomic E-state index is 0.287. The lowest BCUT2D eigenvalue weighted by Gasteiger charge is -2.21. The third-order valence-corrected chi connectivity index (χ3v) is 12.7. The molecule has 10 aromatic rings. The van der Waals surface area contributed by atoms with Crippen LogP contribution in [0.1, 0.15) is 11.5 Å². The van der Waals surface area contributed by atoms with Crippen molar-refractivity contribution in [3.05, 3.63) is 188 Å². The molecule has 0 fully saturated rings. The molecule has 2 unspecified atom stereocenters. The zero-order chi connectivity index (χ0) is 37.5. The predicted octanol–water partition coefficient (Wildman–Crippen LogP) is 13.2. The maximum absolute atomic E-state index is 6.75. The highest BCUT2D eigenvalue weighted by Gasteiger charge is 2.33. The van der Waals surface area contributed by atoms with Crippen LogP contribution in [0.4, 0.5) is 0 Å². The van der Waals surface area contributed by atoms with Crippen LogP contribution in [0.15, 0.2) is 191 Å². The van der Waals surface area contributed by atoms with E-state index in [-0.39, 0.29) is 5.92 Å². The lowest BCUT2D eigenvalue weighted by atomic mass is 9.89. The van der Waals surface area contributed by atoms with E-state index >= 15 is 0 Å². The number of benzene rings is 7. The molecule has 0 saturated heterocycles. The van der Waals surface area contributed by atoms with Crippen molar-refractivity contribution in [3.63, 3.8) is 0 Å². The molecule has 57 heavy (non-hydrogen) atoms. The van der Waals surface area contributed by atoms with E-state index < -0.39 is 0 Å². The van der Waals surface area contributed by atoms with Crippen LogP contribution in [-0.4, -0.2) is 24.8 Å². The molecule has 268 valence electrons. The third kappa shape index (κ3) is 5.14. The molecule has 1 aliphatic heterocycles. The summed E-state index contributed by atoms with van der Waals surface area (Å²) in [5.41, 5.74) is 11.7. The summed E-state index contributed by atoms with van der Waals surface area (Å²) < 4.78 is 9.18. The minimum Gasteiger partial charge on any atom is -0.455 e. The van der Waals surface area contributed by atoms with Crippen molar-refractivity contribution in [2.45, 2.75) is 16.1 Å². The minimum atomic E-state index is 0.287. The number of rotatable bonds is 5. The van der Waals surface area contributed by atoms with Crippen molar-refractivity contribution in [2.24, 2.45) is 0 Å². The molecule has 3 aromatic heterocycles. The van der Waals surface area contributed by atoms with Gasteiger partial charge < -0.3 is 8.98 Å². The molecule has 2 atom stereocenters. The molecule has 0 radical (unpaired) electrons. The fourth-order valence-corrected chi connectivity index (χ4v) is 10.2. The van der Waals surface area contributed by atoms with E-state index in [1.54, 1.807) is 0 Å². The van der Waals surface area contributed by atoms with Crippen LogP contribution in [0, 0.1) is 0 Å². The molecule has 0 saturated carbocycles. The number of nitrogens with zero attached hydrogens (tertiary/aromatic N) is 4. The van der Waals surface area contributed by atoms with Crippen LogP contribution in [0.2, 0.25) is 0 Å². The van der Waals surface area contributed by atoms with E-state index in [2.05, 4.69) is 120 Å². The largest absolute Gasteiger partial charge is 0.455 e. The summed E-state index contributed by atoms with van der Waals surface area (Å²) in [5, 5.41) is 5.00. The van der Waals surface area contributed by atoms with Gasteiger partial charge in [-0.15, -0.1) is 11.8 Å². The van der Waals surface area contributed by atoms with Crippen LogP contribution in [0.25, 0.3) is 94.7 Å². The van der Waals surface area contributed by atoms with Gasteiger partial charge in [0.15, 0.2) is 17.5 Å². The molecule has 0 amide bonds. The number of furan rings is 1. The molecular formula is C51H32N4OS. The quantitative estimate of drug-likeness (QED) is 0.175. The van der Waals surface area contributed by atoms with Gasteiger partial charge in [-0.3, -0.25) is 0 Å². The summed E-state index contributed by atoms with van der Waals surface area (Å²) in [7, 11) is 0. The maximum Gasteiger partial charge on any atom is 0.167 e. The van der Waals surface area contributed by atoms with Gasteiger partial charge in [-0.25, -0.2) is 15.0 Å². The first kappa shape index (κ1) is 32.2. The molecular weight excluding hydrogens is 717 g/mol. The van der Waals surface area contributed by atoms with Crippen molar-refractivity contribution >= 4 is 61.2 Å². The summed E-state index contributed by atoms with van der Waals surface area (Å²) >= 11 is 1.96. The summed E-state index contributed by atoms with van der Waals surface area (Å²) in [6, 6.07) is 57.2. The zero-order valence-electron chi connectivity index (χ0n) is 30.6. The summed E-state index contributed by atoms with van der Waals surface area (Å²) in [5.74, 6) is 2.11. The Kier molecular flexibility index (Phi) is 7.22. The number of para-hydroxylation sites is 3. The van der Waals surface area contributed by atoms with E-state index in [1.807, 2.05) is 78.5 Å². The Morgan fingerprint density at radius 1 is 0.526 bits per heavy atom. The first-order valence-corrected chi connectivity index (χ1v) is 20.1. The first-order chi connectivity index (χ1) is 28.2. The molecule has 0 N–H and O–H groups in total. The van der Waals surface area contributed by atoms with Crippen LogP contribution in [-0.2, 0) is 0 Å². The monoisotopic (exact) mass is 748 g/mol. The molecule has 12 rings (SSSR count). The van der Waals surface area contributed by atoms with Crippen LogP contribution < -0.4 is 0 Å². The molecule has 2 aliphatic rings. The molecule has 5 nitrogen and oxygen atoms in total. The second-order valence-corrected chi connectivity index (χ2v) is 15.9. The number of allylic oxidation sites excluding steroid dienone is 3. The average Bonchev–Trinajstić information content (AvgIpc) is 3.96. The molecule has 1 aliphatic carbocycles. The fourth-order valence-electron chi connectivity index (χ4n) is 8.80. The Bertz CT molecular complexity index is 3180. The van der Waals surface area contributed by atoms with Crippen molar-refractivity contribution in [1.29, 1.82) is 0 Å². The summed E-state index contributed by atoms with van der Waals surface area (Å²) in [6.07, 6.45) is 7.20. The van der Waals surface area contributed by atoms with Crippen molar-refractivity contribution in [3.8, 4) is 45.3 Å². The topological polar surface area (TPSA) is 56.7 Å². The second kappa shape index (κ2) is 12.8. The van der Waals surface area contributed by atoms with Gasteiger partial charge in [-0.05, 0) is 65.2 Å². The van der Waals surface area contributed by atoms with Gasteiger partial charge in [-0.1, -0.05) is 133 Å². The normalized spacial score (nSPS) is 16.0. The van der Waals surface area contributed by atoms with Gasteiger partial charge in [0.05, 0.1) is 16.6 Å². The highest BCUT2D eigenvalue weighted by atomic mass is 32.2. The predicted molar refractivity (Wildman–Crippen MR) is 234 cm³/mol. The highest BCUT2D eigenvalue weighted by molar-refractivity contribution is 8.00. The van der Waals surface area contributed by atoms with Gasteiger partial charge in [0.1, 0.15) is 11.2 Å². The Morgan fingerprint density at radius 2 is 1.14 bits per heavy atom. The van der Waals surface area contributed by atoms with Crippen molar-refractivity contribution in [2.75, 3.05) is 0 Å². The number of hydrogen-bond acceptors (Lipinski definition) is 5. The fraction of sp³-hybridized carbons (Fsp3) is 0.0392. The van der Waals surface area contributed by atoms with E-state index in [0.717, 1.165) is 44.2 Å². The number of thioether (sulfide) groups is 1. The Hall–Kier alpha value is -7.02. The summed E-state index contributed by atoms with van der Waals surface area (Å²) in [4.78, 5) is 16.3. The lowest BCUT2D eigenvalue weighted by molar-refractivity contribution is 0.669. The zero-order valence-corrected chi connectivity index (χ0v) is 31.4. The van der Waals surface area contributed by atoms with Gasteiger partial charge in [0.25, 0.3) is 0 Å². The van der Waals surface area contributed by atoms with E-state index in [0.29, 0.717) is 22.7 Å². The molecule has 6 heteroatoms. The number of hydrogen-bond donors (Lipinski definition) is 0. The van der Waals surface area contributed by atoms with E-state index in [4.69, 9.17) is 19.4 Å². The Balaban J connectivity index is 0.947. The Morgan fingerprint density at radius 3 is 1.86 bits per heavy atom. The van der Waals surface area contributed by atoms with Crippen molar-refractivity contribution < 1.29 is 4.42 Å². The SMILES string of the molecule is C1=CC2c3cc(-c4cccc5oc6c(-c7nc(-c8ccccc8)nc(-c8ccccc8)n7)cccc6c45)ccc3SC2C=C1n1c2ccccc2c2ccccc21. The standard InChI is InChI=1S/C51H32N4OS/c1-3-13-31(14-4-1)49-52-50(32-15-5-2-6-16-32)54-51(53-49)40-21-11-20-39-47-35(19-12-24-44(47)56-48(39)40)33-25-28-45-41(29-33)38-27-26-34(30-46(38)57-45)55-42-22-9-7-17-36(42)37-18-8-10-23-43(37)55/h1-30,38,46H. The first-order valence-electron chi connectivity index (χ1n) is 19.3. The average molecular weight is 749 g/mol. The third-order valence-electron chi connectivity index (χ3n) is 11.4. The molecule has 0 spiro atoms. The molecule has 0 bridgehead atoms. The number of aromatic nitrogens is 4. The van der Waals surface area contributed by atoms with Gasteiger partial charge in [0, 0.05) is 54.4 Å². The van der Waals surface area contributed by atoms with Crippen LogP contribution >= 0.6 is 11.8 Å². The van der Waals surface area contributed by atoms with Crippen LogP contribution in [0.5, 0.6) is 0 Å². The second-order valence-electron chi connectivity index (χ2n) is 14.7. The smallest absolute Gasteiger partial charge is 0.167 e. The van der Waals surface area contributed by atoms with Gasteiger partial charge >= 0.3 is 0 Å². The number of fused-ring (bicyclic) bond motifs is 9. The summed E-state index contributed by atoms with van der Waals surface area (Å²) in [6.45, 7) is 0. The molecule has 7 aromatic carbocycles. The van der Waals surface area contributed by atoms with Gasteiger partial charge in [0.2, 0.25) is 0 Å². The van der Waals surface area contributed by atoms with Gasteiger partial charge in [-0.2, -0.15) is 0 Å². The highest BCUT2D eigenvalue weighted by Crippen LogP contribution is 2.51. The van der Waals surface area contributed by atoms with E-state index in [1.165, 1.54) is 43.5 Å². The maximum atomic E-state index is 6.75. The molecule has 4 heterocycles. The van der Waals surface area contributed by atoms with E-state index in [9.17, 15) is 0 Å². The lowest BCUT2D eigenvalue weighted by Crippen LogP contribution is -2.11. The van der Waals surface area contributed by atoms with Crippen molar-refractivity contribution in [1.82, 2.24) is 19.5 Å². The Labute approximate surface area is 332 Å². The van der Waals surface area contributed by atoms with Crippen LogP contribution in [0.3, 0.4) is 0 Å².